The smallest absolute Gasteiger partial charge is 0.170 e. The van der Waals surface area contributed by atoms with Gasteiger partial charge in [0.2, 0.25) is 0 Å². The Balaban J connectivity index is 1.88. The Morgan fingerprint density at radius 3 is 3.18 bits per heavy atom. The molecule has 6 heteroatoms. The second-order valence-electron chi connectivity index (χ2n) is 3.07. The van der Waals surface area contributed by atoms with Crippen LogP contribution >= 0.6 is 34.6 Å². The summed E-state index contributed by atoms with van der Waals surface area (Å²) in [6.45, 7) is 0.122. The van der Waals surface area contributed by atoms with Gasteiger partial charge < -0.3 is 5.11 Å². The lowest BCUT2D eigenvalue weighted by molar-refractivity contribution is 0.305. The zero-order valence-electron chi connectivity index (χ0n) is 8.92. The quantitative estimate of drug-likeness (QED) is 0.691. The van der Waals surface area contributed by atoms with Gasteiger partial charge in [-0.1, -0.05) is 23.6 Å². The Morgan fingerprint density at radius 1 is 1.47 bits per heavy atom. The third-order valence-corrected chi connectivity index (χ3v) is 4.77. The zero-order valence-corrected chi connectivity index (χ0v) is 11.4. The van der Waals surface area contributed by atoms with Crippen molar-refractivity contribution < 1.29 is 5.11 Å². The molecule has 2 aromatic rings. The molecular formula is C11H10N2OS3. The first-order valence-electron chi connectivity index (χ1n) is 4.95. The number of thiophene rings is 1. The summed E-state index contributed by atoms with van der Waals surface area (Å²) >= 11 is 4.81. The Labute approximate surface area is 112 Å². The van der Waals surface area contributed by atoms with Crippen molar-refractivity contribution in [2.75, 3.05) is 6.61 Å². The van der Waals surface area contributed by atoms with Crippen LogP contribution in [0.3, 0.4) is 0 Å². The molecule has 0 aliphatic carbocycles. The Kier molecular flexibility index (Phi) is 5.01. The van der Waals surface area contributed by atoms with Crippen molar-refractivity contribution in [2.45, 2.75) is 16.5 Å². The summed E-state index contributed by atoms with van der Waals surface area (Å²) in [7, 11) is 0. The van der Waals surface area contributed by atoms with Gasteiger partial charge in [0.25, 0.3) is 0 Å². The van der Waals surface area contributed by atoms with Gasteiger partial charge in [0.05, 0.1) is 6.61 Å². The third-order valence-electron chi connectivity index (χ3n) is 1.80. The predicted octanol–water partition coefficient (Wildman–Crippen LogP) is 2.63. The van der Waals surface area contributed by atoms with E-state index in [1.165, 1.54) is 16.4 Å². The van der Waals surface area contributed by atoms with Crippen LogP contribution in [0.25, 0.3) is 0 Å². The molecule has 0 radical (unpaired) electrons. The van der Waals surface area contributed by atoms with Gasteiger partial charge in [-0.05, 0) is 17.6 Å². The number of nitrogens with zero attached hydrogens (tertiary/aromatic N) is 2. The average molecular weight is 282 g/mol. The third kappa shape index (κ3) is 4.13. The highest BCUT2D eigenvalue weighted by Crippen LogP contribution is 2.26. The lowest BCUT2D eigenvalue weighted by Crippen LogP contribution is -1.76. The zero-order chi connectivity index (χ0) is 11.9. The van der Waals surface area contributed by atoms with Gasteiger partial charge in [0.1, 0.15) is 6.33 Å². The van der Waals surface area contributed by atoms with Crippen LogP contribution in [0.5, 0.6) is 0 Å². The number of thioether (sulfide) groups is 1. The van der Waals surface area contributed by atoms with Gasteiger partial charge in [-0.2, -0.15) is 4.37 Å². The minimum atomic E-state index is 0.122. The molecule has 2 aromatic heterocycles. The molecule has 0 aliphatic rings. The van der Waals surface area contributed by atoms with E-state index in [1.54, 1.807) is 29.4 Å². The van der Waals surface area contributed by atoms with E-state index in [2.05, 4.69) is 27.3 Å². The maximum Gasteiger partial charge on any atom is 0.170 e. The van der Waals surface area contributed by atoms with E-state index in [0.29, 0.717) is 6.42 Å². The number of aromatic nitrogens is 2. The average Bonchev–Trinajstić information content (AvgIpc) is 2.98. The summed E-state index contributed by atoms with van der Waals surface area (Å²) in [4.78, 5) is 5.39. The number of aliphatic hydroxyl groups excluding tert-OH is 1. The fraction of sp³-hybridized carbons (Fsp3) is 0.273. The first-order chi connectivity index (χ1) is 8.38. The minimum Gasteiger partial charge on any atom is -0.395 e. The van der Waals surface area contributed by atoms with Crippen LogP contribution in [0.2, 0.25) is 0 Å². The van der Waals surface area contributed by atoms with Gasteiger partial charge >= 0.3 is 0 Å². The number of aliphatic hydroxyl groups is 1. The summed E-state index contributed by atoms with van der Waals surface area (Å²) in [6.07, 6.45) is 2.11. The number of hydrogen-bond donors (Lipinski definition) is 1. The Bertz CT molecular complexity index is 510. The molecule has 0 spiro atoms. The van der Waals surface area contributed by atoms with Gasteiger partial charge in [-0.3, -0.25) is 0 Å². The van der Waals surface area contributed by atoms with Crippen molar-refractivity contribution in [3.63, 3.8) is 0 Å². The van der Waals surface area contributed by atoms with Crippen molar-refractivity contribution in [1.29, 1.82) is 0 Å². The molecule has 2 rings (SSSR count). The van der Waals surface area contributed by atoms with Crippen LogP contribution in [-0.2, 0) is 5.75 Å². The van der Waals surface area contributed by atoms with Crippen LogP contribution in [0, 0.1) is 11.8 Å². The van der Waals surface area contributed by atoms with Crippen molar-refractivity contribution >= 4 is 34.6 Å². The predicted molar refractivity (Wildman–Crippen MR) is 72.4 cm³/mol. The summed E-state index contributed by atoms with van der Waals surface area (Å²) in [5.41, 5.74) is 1.02. The minimum absolute atomic E-state index is 0.122. The molecule has 17 heavy (non-hydrogen) atoms. The molecule has 0 atom stereocenters. The molecule has 0 amide bonds. The van der Waals surface area contributed by atoms with Gasteiger partial charge in [-0.15, -0.1) is 11.3 Å². The Hall–Kier alpha value is -0.870. The van der Waals surface area contributed by atoms with Crippen molar-refractivity contribution in [2.24, 2.45) is 0 Å². The molecule has 88 valence electrons. The van der Waals surface area contributed by atoms with Gasteiger partial charge in [-0.25, -0.2) is 4.98 Å². The van der Waals surface area contributed by atoms with E-state index in [0.717, 1.165) is 15.7 Å². The monoisotopic (exact) mass is 282 g/mol. The lowest BCUT2D eigenvalue weighted by Gasteiger charge is -1.91. The molecule has 1 N–H and O–H groups in total. The van der Waals surface area contributed by atoms with Crippen LogP contribution in [-0.4, -0.2) is 21.1 Å². The van der Waals surface area contributed by atoms with Crippen LogP contribution < -0.4 is 0 Å². The fourth-order valence-electron chi connectivity index (χ4n) is 1.10. The molecule has 0 unspecified atom stereocenters. The largest absolute Gasteiger partial charge is 0.395 e. The van der Waals surface area contributed by atoms with Crippen LogP contribution in [0.15, 0.2) is 22.1 Å². The van der Waals surface area contributed by atoms with Crippen LogP contribution in [0.1, 0.15) is 16.9 Å². The highest BCUT2D eigenvalue weighted by Gasteiger charge is 2.01. The fourth-order valence-corrected chi connectivity index (χ4v) is 3.42. The van der Waals surface area contributed by atoms with Crippen molar-refractivity contribution in [3.05, 3.63) is 28.2 Å². The molecule has 0 saturated carbocycles. The first-order valence-corrected chi connectivity index (χ1v) is 7.59. The van der Waals surface area contributed by atoms with E-state index < -0.39 is 0 Å². The molecule has 2 heterocycles. The van der Waals surface area contributed by atoms with E-state index in [1.807, 2.05) is 5.38 Å². The maximum absolute atomic E-state index is 8.62. The molecule has 0 fully saturated rings. The number of hydrogen-bond acceptors (Lipinski definition) is 6. The SMILES string of the molecule is OCCC#Cc1csc(CSc2ncns2)c1. The molecular weight excluding hydrogens is 272 g/mol. The maximum atomic E-state index is 8.62. The highest BCUT2D eigenvalue weighted by molar-refractivity contribution is 8.00. The molecule has 0 bridgehead atoms. The molecule has 0 aliphatic heterocycles. The van der Waals surface area contributed by atoms with Crippen molar-refractivity contribution in [3.8, 4) is 11.8 Å². The Morgan fingerprint density at radius 2 is 2.41 bits per heavy atom. The summed E-state index contributed by atoms with van der Waals surface area (Å²) < 4.78 is 4.95. The van der Waals surface area contributed by atoms with Crippen molar-refractivity contribution in [1.82, 2.24) is 9.36 Å². The molecule has 0 saturated heterocycles. The van der Waals surface area contributed by atoms with Gasteiger partial charge in [0.15, 0.2) is 4.34 Å². The van der Waals surface area contributed by atoms with E-state index in [9.17, 15) is 0 Å². The first kappa shape index (κ1) is 12.6. The van der Waals surface area contributed by atoms with E-state index in [4.69, 9.17) is 5.11 Å². The normalized spacial score (nSPS) is 9.94. The summed E-state index contributed by atoms with van der Waals surface area (Å²) in [5, 5.41) is 10.7. The van der Waals surface area contributed by atoms with Gasteiger partial charge in [0, 0.05) is 28.0 Å². The standard InChI is InChI=1S/C11H10N2OS3/c14-4-2-1-3-9-5-10(15-6-9)7-16-11-12-8-13-17-11/h5-6,8,14H,2,4,7H2. The van der Waals surface area contributed by atoms with Crippen LogP contribution in [0.4, 0.5) is 0 Å². The lowest BCUT2D eigenvalue weighted by atomic mass is 10.3. The highest BCUT2D eigenvalue weighted by atomic mass is 32.2. The summed E-state index contributed by atoms with van der Waals surface area (Å²) in [5.74, 6) is 6.84. The number of rotatable bonds is 4. The summed E-state index contributed by atoms with van der Waals surface area (Å²) in [6, 6.07) is 2.09. The van der Waals surface area contributed by atoms with E-state index >= 15 is 0 Å². The second kappa shape index (κ2) is 6.77. The molecule has 3 nitrogen and oxygen atoms in total. The molecule has 0 aromatic carbocycles. The van der Waals surface area contributed by atoms with E-state index in [-0.39, 0.29) is 6.61 Å². The second-order valence-corrected chi connectivity index (χ2v) is 6.07. The topological polar surface area (TPSA) is 46.0 Å².